The van der Waals surface area contributed by atoms with Crippen LogP contribution in [0.5, 0.6) is 11.5 Å². The van der Waals surface area contributed by atoms with Gasteiger partial charge in [0.25, 0.3) is 0 Å². The zero-order valence-electron chi connectivity index (χ0n) is 14.3. The van der Waals surface area contributed by atoms with Crippen molar-refractivity contribution in [2.24, 2.45) is 0 Å². The second-order valence-electron chi connectivity index (χ2n) is 5.68. The Morgan fingerprint density at radius 3 is 2.43 bits per heavy atom. The van der Waals surface area contributed by atoms with Crippen LogP contribution < -0.4 is 14.8 Å². The van der Waals surface area contributed by atoms with Gasteiger partial charge in [-0.1, -0.05) is 0 Å². The average molecular weight is 321 g/mol. The summed E-state index contributed by atoms with van der Waals surface area (Å²) in [6.07, 6.45) is 0. The van der Waals surface area contributed by atoms with Crippen LogP contribution in [0.15, 0.2) is 18.2 Å². The third-order valence-corrected chi connectivity index (χ3v) is 4.09. The molecule has 0 radical (unpaired) electrons. The highest BCUT2D eigenvalue weighted by Crippen LogP contribution is 2.25. The lowest BCUT2D eigenvalue weighted by molar-refractivity contribution is -0.122. The van der Waals surface area contributed by atoms with Crippen LogP contribution in [0.2, 0.25) is 0 Å². The van der Waals surface area contributed by atoms with Gasteiger partial charge in [0, 0.05) is 44.8 Å². The SMILES string of the molecule is CCNC(=O)CN1CCN(Cc2cc(OC)ccc2OC)CC1. The summed E-state index contributed by atoms with van der Waals surface area (Å²) in [6.45, 7) is 7.65. The number of carbonyl (C=O) groups is 1. The number of benzene rings is 1. The molecule has 1 aliphatic rings. The molecule has 0 saturated carbocycles. The van der Waals surface area contributed by atoms with Crippen LogP contribution in [0.4, 0.5) is 0 Å². The van der Waals surface area contributed by atoms with Gasteiger partial charge in [0.15, 0.2) is 0 Å². The molecule has 0 aliphatic carbocycles. The Morgan fingerprint density at radius 2 is 1.83 bits per heavy atom. The van der Waals surface area contributed by atoms with Crippen LogP contribution in [0.3, 0.4) is 0 Å². The summed E-state index contributed by atoms with van der Waals surface area (Å²) < 4.78 is 10.7. The Kier molecular flexibility index (Phi) is 6.67. The monoisotopic (exact) mass is 321 g/mol. The van der Waals surface area contributed by atoms with Gasteiger partial charge < -0.3 is 14.8 Å². The number of nitrogens with zero attached hydrogens (tertiary/aromatic N) is 2. The first-order valence-corrected chi connectivity index (χ1v) is 8.08. The first-order valence-electron chi connectivity index (χ1n) is 8.08. The van der Waals surface area contributed by atoms with E-state index in [9.17, 15) is 4.79 Å². The molecule has 1 N–H and O–H groups in total. The molecule has 0 unspecified atom stereocenters. The van der Waals surface area contributed by atoms with Crippen molar-refractivity contribution in [3.8, 4) is 11.5 Å². The molecule has 0 spiro atoms. The van der Waals surface area contributed by atoms with Gasteiger partial charge in [0.1, 0.15) is 11.5 Å². The summed E-state index contributed by atoms with van der Waals surface area (Å²) >= 11 is 0. The van der Waals surface area contributed by atoms with Crippen LogP contribution in [0, 0.1) is 0 Å². The van der Waals surface area contributed by atoms with Crippen molar-refractivity contribution in [3.63, 3.8) is 0 Å². The number of hydrogen-bond donors (Lipinski definition) is 1. The summed E-state index contributed by atoms with van der Waals surface area (Å²) in [6, 6.07) is 5.88. The second-order valence-corrected chi connectivity index (χ2v) is 5.68. The highest BCUT2D eigenvalue weighted by Gasteiger charge is 2.20. The van der Waals surface area contributed by atoms with Crippen LogP contribution >= 0.6 is 0 Å². The molecule has 128 valence electrons. The maximum Gasteiger partial charge on any atom is 0.234 e. The van der Waals surface area contributed by atoms with E-state index in [0.717, 1.165) is 49.8 Å². The van der Waals surface area contributed by atoms with Gasteiger partial charge in [-0.2, -0.15) is 0 Å². The number of rotatable bonds is 7. The summed E-state index contributed by atoms with van der Waals surface area (Å²) in [7, 11) is 3.36. The molecule has 6 nitrogen and oxygen atoms in total. The molecule has 1 aromatic rings. The Labute approximate surface area is 138 Å². The van der Waals surface area contributed by atoms with Crippen molar-refractivity contribution in [2.45, 2.75) is 13.5 Å². The predicted molar refractivity (Wildman–Crippen MR) is 89.9 cm³/mol. The van der Waals surface area contributed by atoms with Gasteiger partial charge in [0.05, 0.1) is 20.8 Å². The van der Waals surface area contributed by atoms with Crippen LogP contribution in [-0.4, -0.2) is 69.2 Å². The minimum absolute atomic E-state index is 0.107. The molecule has 23 heavy (non-hydrogen) atoms. The van der Waals surface area contributed by atoms with Crippen molar-refractivity contribution in [1.29, 1.82) is 0 Å². The lowest BCUT2D eigenvalue weighted by Gasteiger charge is -2.34. The van der Waals surface area contributed by atoms with E-state index >= 15 is 0 Å². The van der Waals surface area contributed by atoms with E-state index in [0.29, 0.717) is 13.1 Å². The fraction of sp³-hybridized carbons (Fsp3) is 0.588. The highest BCUT2D eigenvalue weighted by molar-refractivity contribution is 5.77. The van der Waals surface area contributed by atoms with Crippen LogP contribution in [0.25, 0.3) is 0 Å². The van der Waals surface area contributed by atoms with Crippen molar-refractivity contribution >= 4 is 5.91 Å². The molecule has 1 amide bonds. The smallest absolute Gasteiger partial charge is 0.234 e. The van der Waals surface area contributed by atoms with Gasteiger partial charge in [0.2, 0.25) is 5.91 Å². The Hall–Kier alpha value is -1.79. The quantitative estimate of drug-likeness (QED) is 0.811. The summed E-state index contributed by atoms with van der Waals surface area (Å²) in [5, 5.41) is 2.85. The molecule has 6 heteroatoms. The molecule has 1 fully saturated rings. The van der Waals surface area contributed by atoms with E-state index in [-0.39, 0.29) is 5.91 Å². The zero-order valence-corrected chi connectivity index (χ0v) is 14.3. The summed E-state index contributed by atoms with van der Waals surface area (Å²) in [5.41, 5.74) is 1.13. The Balaban J connectivity index is 1.88. The van der Waals surface area contributed by atoms with Crippen LogP contribution in [-0.2, 0) is 11.3 Å². The Bertz CT molecular complexity index is 514. The lowest BCUT2D eigenvalue weighted by atomic mass is 10.1. The van der Waals surface area contributed by atoms with Crippen molar-refractivity contribution in [1.82, 2.24) is 15.1 Å². The normalized spacial score (nSPS) is 16.1. The second kappa shape index (κ2) is 8.74. The van der Waals surface area contributed by atoms with Gasteiger partial charge in [-0.05, 0) is 25.1 Å². The lowest BCUT2D eigenvalue weighted by Crippen LogP contribution is -2.49. The molecule has 2 rings (SSSR count). The maximum absolute atomic E-state index is 11.6. The number of carbonyl (C=O) groups excluding carboxylic acids is 1. The van der Waals surface area contributed by atoms with E-state index in [4.69, 9.17) is 9.47 Å². The van der Waals surface area contributed by atoms with Gasteiger partial charge in [-0.15, -0.1) is 0 Å². The van der Waals surface area contributed by atoms with E-state index in [1.54, 1.807) is 14.2 Å². The number of amides is 1. The molecule has 1 heterocycles. The molecular formula is C17H27N3O3. The van der Waals surface area contributed by atoms with Gasteiger partial charge in [-0.3, -0.25) is 14.6 Å². The third kappa shape index (κ3) is 5.11. The van der Waals surface area contributed by atoms with E-state index in [1.807, 2.05) is 25.1 Å². The number of hydrogen-bond acceptors (Lipinski definition) is 5. The van der Waals surface area contributed by atoms with E-state index in [1.165, 1.54) is 0 Å². The number of nitrogens with one attached hydrogen (secondary N) is 1. The largest absolute Gasteiger partial charge is 0.497 e. The van der Waals surface area contributed by atoms with Gasteiger partial charge >= 0.3 is 0 Å². The molecule has 1 aromatic carbocycles. The summed E-state index contributed by atoms with van der Waals surface area (Å²) in [5.74, 6) is 1.83. The predicted octanol–water partition coefficient (Wildman–Crippen LogP) is 0.958. The summed E-state index contributed by atoms with van der Waals surface area (Å²) in [4.78, 5) is 16.2. The molecule has 0 bridgehead atoms. The molecule has 0 atom stereocenters. The van der Waals surface area contributed by atoms with Crippen molar-refractivity contribution in [3.05, 3.63) is 23.8 Å². The van der Waals surface area contributed by atoms with E-state index < -0.39 is 0 Å². The van der Waals surface area contributed by atoms with Crippen molar-refractivity contribution in [2.75, 3.05) is 53.5 Å². The Morgan fingerprint density at radius 1 is 1.13 bits per heavy atom. The van der Waals surface area contributed by atoms with E-state index in [2.05, 4.69) is 15.1 Å². The first kappa shape index (κ1) is 17.6. The fourth-order valence-electron chi connectivity index (χ4n) is 2.81. The average Bonchev–Trinajstić information content (AvgIpc) is 2.56. The highest BCUT2D eigenvalue weighted by atomic mass is 16.5. The minimum Gasteiger partial charge on any atom is -0.497 e. The molecule has 1 aliphatic heterocycles. The zero-order chi connectivity index (χ0) is 16.7. The standard InChI is InChI=1S/C17H27N3O3/c1-4-18-17(21)13-20-9-7-19(8-10-20)12-14-11-15(22-2)5-6-16(14)23-3/h5-6,11H,4,7-10,12-13H2,1-3H3,(H,18,21). The maximum atomic E-state index is 11.6. The number of piperazine rings is 1. The number of methoxy groups -OCH3 is 2. The third-order valence-electron chi connectivity index (χ3n) is 4.09. The molecule has 1 saturated heterocycles. The minimum atomic E-state index is 0.107. The number of likely N-dealkylation sites (N-methyl/N-ethyl adjacent to an activating group) is 1. The topological polar surface area (TPSA) is 54.0 Å². The number of ether oxygens (including phenoxy) is 2. The first-order chi connectivity index (χ1) is 11.2. The molecule has 0 aromatic heterocycles. The molecular weight excluding hydrogens is 294 g/mol. The van der Waals surface area contributed by atoms with Gasteiger partial charge in [-0.25, -0.2) is 0 Å². The fourth-order valence-corrected chi connectivity index (χ4v) is 2.81. The van der Waals surface area contributed by atoms with Crippen molar-refractivity contribution < 1.29 is 14.3 Å². The van der Waals surface area contributed by atoms with Crippen LogP contribution in [0.1, 0.15) is 12.5 Å².